The van der Waals surface area contributed by atoms with Gasteiger partial charge in [0.1, 0.15) is 12.4 Å². The molecule has 0 unspecified atom stereocenters. The van der Waals surface area contributed by atoms with Gasteiger partial charge in [-0.1, -0.05) is 13.8 Å². The van der Waals surface area contributed by atoms with E-state index in [0.29, 0.717) is 0 Å². The van der Waals surface area contributed by atoms with Gasteiger partial charge in [0, 0.05) is 0 Å². The van der Waals surface area contributed by atoms with Gasteiger partial charge in [-0.25, -0.2) is 5.10 Å². The van der Waals surface area contributed by atoms with Crippen LogP contribution in [0.5, 0.6) is 0 Å². The van der Waals surface area contributed by atoms with Crippen LogP contribution in [0.15, 0.2) is 29.1 Å². The lowest BCUT2D eigenvalue weighted by Crippen LogP contribution is -2.47. The van der Waals surface area contributed by atoms with Gasteiger partial charge in [-0.15, -0.1) is 0 Å². The second kappa shape index (κ2) is 6.00. The lowest BCUT2D eigenvalue weighted by atomic mass is 10.0. The van der Waals surface area contributed by atoms with E-state index in [1.165, 1.54) is 18.7 Å². The van der Waals surface area contributed by atoms with Crippen LogP contribution < -0.4 is 10.6 Å². The quantitative estimate of drug-likeness (QED) is 0.747. The number of hydrogen-bond acceptors (Lipinski definition) is 5. The first kappa shape index (κ1) is 13.8. The molecule has 0 radical (unpaired) electrons. The Hall–Kier alpha value is -2.64. The number of nitrogens with one attached hydrogen (secondary N) is 3. The second-order valence-electron chi connectivity index (χ2n) is 4.50. The van der Waals surface area contributed by atoms with Gasteiger partial charge in [0.2, 0.25) is 11.9 Å². The first-order chi connectivity index (χ1) is 9.58. The van der Waals surface area contributed by atoms with Crippen LogP contribution in [0.3, 0.4) is 0 Å². The molecular weight excluding hydrogens is 262 g/mol. The number of hydrogen-bond donors (Lipinski definition) is 3. The maximum Gasteiger partial charge on any atom is 0.287 e. The smallest absolute Gasteiger partial charge is 0.287 e. The Labute approximate surface area is 115 Å². The molecule has 8 heteroatoms. The monoisotopic (exact) mass is 277 g/mol. The van der Waals surface area contributed by atoms with E-state index in [2.05, 4.69) is 25.8 Å². The Morgan fingerprint density at radius 1 is 1.40 bits per heavy atom. The normalized spacial score (nSPS) is 12.2. The molecule has 106 valence electrons. The molecule has 1 atom stereocenters. The SMILES string of the molecule is CC(C)[C@H](NC(=O)c1ccco1)C(=O)Nc1ncn[nH]1. The summed E-state index contributed by atoms with van der Waals surface area (Å²) in [5.41, 5.74) is 0. The van der Waals surface area contributed by atoms with Crippen molar-refractivity contribution in [3.05, 3.63) is 30.5 Å². The zero-order valence-electron chi connectivity index (χ0n) is 11.1. The molecule has 8 nitrogen and oxygen atoms in total. The van der Waals surface area contributed by atoms with E-state index < -0.39 is 11.9 Å². The fourth-order valence-electron chi connectivity index (χ4n) is 1.62. The highest BCUT2D eigenvalue weighted by Crippen LogP contribution is 2.07. The summed E-state index contributed by atoms with van der Waals surface area (Å²) in [6.07, 6.45) is 2.68. The van der Waals surface area contributed by atoms with Crippen molar-refractivity contribution in [2.24, 2.45) is 5.92 Å². The molecule has 2 amide bonds. The number of rotatable bonds is 5. The van der Waals surface area contributed by atoms with Crippen molar-refractivity contribution >= 4 is 17.8 Å². The summed E-state index contributed by atoms with van der Waals surface area (Å²) in [6.45, 7) is 3.65. The molecule has 0 fully saturated rings. The Morgan fingerprint density at radius 3 is 2.75 bits per heavy atom. The highest BCUT2D eigenvalue weighted by atomic mass is 16.3. The zero-order valence-corrected chi connectivity index (χ0v) is 11.1. The van der Waals surface area contributed by atoms with Crippen molar-refractivity contribution in [1.82, 2.24) is 20.5 Å². The number of furan rings is 1. The predicted octanol–water partition coefficient (Wildman–Crippen LogP) is 0.791. The number of carbonyl (C=O) groups excluding carboxylic acids is 2. The van der Waals surface area contributed by atoms with Gasteiger partial charge < -0.3 is 9.73 Å². The minimum atomic E-state index is -0.710. The number of carbonyl (C=O) groups is 2. The molecule has 2 rings (SSSR count). The maximum atomic E-state index is 12.1. The van der Waals surface area contributed by atoms with Gasteiger partial charge >= 0.3 is 0 Å². The summed E-state index contributed by atoms with van der Waals surface area (Å²) in [5, 5.41) is 11.3. The van der Waals surface area contributed by atoms with E-state index in [9.17, 15) is 9.59 Å². The van der Waals surface area contributed by atoms with Crippen LogP contribution in [-0.2, 0) is 4.79 Å². The molecule has 0 saturated heterocycles. The van der Waals surface area contributed by atoms with Gasteiger partial charge in [0.25, 0.3) is 5.91 Å². The van der Waals surface area contributed by atoms with Gasteiger partial charge in [-0.2, -0.15) is 10.1 Å². The molecule has 0 aliphatic heterocycles. The molecule has 0 spiro atoms. The van der Waals surface area contributed by atoms with Crippen LogP contribution in [0.4, 0.5) is 5.95 Å². The molecule has 20 heavy (non-hydrogen) atoms. The van der Waals surface area contributed by atoms with Gasteiger partial charge in [0.15, 0.2) is 5.76 Å². The van der Waals surface area contributed by atoms with E-state index in [4.69, 9.17) is 4.42 Å². The van der Waals surface area contributed by atoms with Crippen LogP contribution in [-0.4, -0.2) is 33.0 Å². The molecule has 2 aromatic rings. The third-order valence-corrected chi connectivity index (χ3v) is 2.64. The van der Waals surface area contributed by atoms with Gasteiger partial charge in [-0.05, 0) is 18.1 Å². The maximum absolute atomic E-state index is 12.1. The minimum absolute atomic E-state index is 0.100. The molecule has 2 aromatic heterocycles. The van der Waals surface area contributed by atoms with Crippen LogP contribution in [0.25, 0.3) is 0 Å². The fourth-order valence-corrected chi connectivity index (χ4v) is 1.62. The highest BCUT2D eigenvalue weighted by molar-refractivity contribution is 5.99. The number of aromatic amines is 1. The molecule has 2 heterocycles. The van der Waals surface area contributed by atoms with Crippen molar-refractivity contribution < 1.29 is 14.0 Å². The third kappa shape index (κ3) is 3.22. The van der Waals surface area contributed by atoms with Crippen LogP contribution >= 0.6 is 0 Å². The summed E-state index contributed by atoms with van der Waals surface area (Å²) in [7, 11) is 0. The minimum Gasteiger partial charge on any atom is -0.459 e. The third-order valence-electron chi connectivity index (χ3n) is 2.64. The Balaban J connectivity index is 2.03. The molecule has 3 N–H and O–H groups in total. The van der Waals surface area contributed by atoms with Crippen LogP contribution in [0, 0.1) is 5.92 Å². The summed E-state index contributed by atoms with van der Waals surface area (Å²) >= 11 is 0. The van der Waals surface area contributed by atoms with Crippen molar-refractivity contribution in [1.29, 1.82) is 0 Å². The van der Waals surface area contributed by atoms with Crippen molar-refractivity contribution in [3.8, 4) is 0 Å². The number of nitrogens with zero attached hydrogens (tertiary/aromatic N) is 2. The summed E-state index contributed by atoms with van der Waals surface area (Å²) in [6, 6.07) is 2.42. The van der Waals surface area contributed by atoms with Crippen molar-refractivity contribution in [2.45, 2.75) is 19.9 Å². The Bertz CT molecular complexity index is 562. The summed E-state index contributed by atoms with van der Waals surface area (Å²) < 4.78 is 4.99. The topological polar surface area (TPSA) is 113 Å². The lowest BCUT2D eigenvalue weighted by molar-refractivity contribution is -0.118. The van der Waals surface area contributed by atoms with Gasteiger partial charge in [-0.3, -0.25) is 14.9 Å². The molecule has 0 aliphatic carbocycles. The molecule has 0 bridgehead atoms. The average Bonchev–Trinajstić information content (AvgIpc) is 3.07. The Kier molecular flexibility index (Phi) is 4.14. The number of amides is 2. The summed E-state index contributed by atoms with van der Waals surface area (Å²) in [4.78, 5) is 27.8. The number of aromatic nitrogens is 3. The zero-order chi connectivity index (χ0) is 14.5. The average molecular weight is 277 g/mol. The standard InChI is InChI=1S/C12H15N5O3/c1-7(2)9(11(19)16-12-13-6-14-17-12)15-10(18)8-4-3-5-20-8/h3-7,9H,1-2H3,(H,15,18)(H2,13,14,16,17,19)/t9-/m0/s1. The predicted molar refractivity (Wildman–Crippen MR) is 69.8 cm³/mol. The molecule has 0 aromatic carbocycles. The Morgan fingerprint density at radius 2 is 2.20 bits per heavy atom. The number of H-pyrrole nitrogens is 1. The highest BCUT2D eigenvalue weighted by Gasteiger charge is 2.26. The molecule has 0 saturated carbocycles. The largest absolute Gasteiger partial charge is 0.459 e. The van der Waals surface area contributed by atoms with Crippen molar-refractivity contribution in [3.63, 3.8) is 0 Å². The number of anilines is 1. The van der Waals surface area contributed by atoms with Gasteiger partial charge in [0.05, 0.1) is 6.26 Å². The first-order valence-electron chi connectivity index (χ1n) is 6.08. The fraction of sp³-hybridized carbons (Fsp3) is 0.333. The van der Waals surface area contributed by atoms with E-state index in [-0.39, 0.29) is 23.5 Å². The van der Waals surface area contributed by atoms with E-state index >= 15 is 0 Å². The molecule has 0 aliphatic rings. The van der Waals surface area contributed by atoms with E-state index in [1.807, 2.05) is 13.8 Å². The van der Waals surface area contributed by atoms with Crippen molar-refractivity contribution in [2.75, 3.05) is 5.32 Å². The first-order valence-corrected chi connectivity index (χ1v) is 6.08. The second-order valence-corrected chi connectivity index (χ2v) is 4.50. The van der Waals surface area contributed by atoms with E-state index in [0.717, 1.165) is 0 Å². The van der Waals surface area contributed by atoms with Crippen LogP contribution in [0.1, 0.15) is 24.4 Å². The molecular formula is C12H15N5O3. The lowest BCUT2D eigenvalue weighted by Gasteiger charge is -2.20. The summed E-state index contributed by atoms with van der Waals surface area (Å²) in [5.74, 6) is -0.536. The van der Waals surface area contributed by atoms with Crippen LogP contribution in [0.2, 0.25) is 0 Å². The van der Waals surface area contributed by atoms with E-state index in [1.54, 1.807) is 6.07 Å².